The highest BCUT2D eigenvalue weighted by Crippen LogP contribution is 2.12. The number of hydrogen-bond acceptors (Lipinski definition) is 6. The summed E-state index contributed by atoms with van der Waals surface area (Å²) in [7, 11) is 0. The van der Waals surface area contributed by atoms with Gasteiger partial charge in [0, 0.05) is 0 Å². The highest BCUT2D eigenvalue weighted by Gasteiger charge is 2.16. The summed E-state index contributed by atoms with van der Waals surface area (Å²) in [5.74, 6) is -0.858. The van der Waals surface area contributed by atoms with Crippen LogP contribution in [0.15, 0.2) is 29.6 Å². The van der Waals surface area contributed by atoms with Crippen molar-refractivity contribution in [2.75, 3.05) is 0 Å². The van der Waals surface area contributed by atoms with Gasteiger partial charge in [-0.15, -0.1) is 11.3 Å². The molecule has 2 aromatic heterocycles. The van der Waals surface area contributed by atoms with E-state index in [0.717, 1.165) is 17.5 Å². The standard InChI is InChI=1S/C12H12FN5O3S/c1-8(6-17-7-9(4-15-17)18(20)21)12(19)16-14-5-10-2-3-11(13)22-10/h2-5,7-8H,6H2,1H3,(H,16,19)/b14-5-/t8-/m0/s1. The fourth-order valence-electron chi connectivity index (χ4n) is 1.58. The Labute approximate surface area is 128 Å². The van der Waals surface area contributed by atoms with Crippen LogP contribution in [0.4, 0.5) is 10.1 Å². The second-order valence-electron chi connectivity index (χ2n) is 4.45. The van der Waals surface area contributed by atoms with Crippen molar-refractivity contribution in [3.8, 4) is 0 Å². The number of aromatic nitrogens is 2. The molecule has 1 N–H and O–H groups in total. The maximum Gasteiger partial charge on any atom is 0.306 e. The number of carbonyl (C=O) groups is 1. The van der Waals surface area contributed by atoms with Gasteiger partial charge in [0.05, 0.1) is 28.5 Å². The quantitative estimate of drug-likeness (QED) is 0.497. The van der Waals surface area contributed by atoms with Crippen LogP contribution in [0.2, 0.25) is 0 Å². The minimum Gasteiger partial charge on any atom is -0.273 e. The monoisotopic (exact) mass is 325 g/mol. The lowest BCUT2D eigenvalue weighted by Crippen LogP contribution is -2.28. The molecule has 0 aromatic carbocycles. The van der Waals surface area contributed by atoms with Crippen LogP contribution in [-0.4, -0.2) is 26.8 Å². The number of hydrazone groups is 1. The first kappa shape index (κ1) is 15.8. The third-order valence-electron chi connectivity index (χ3n) is 2.70. The molecule has 0 unspecified atom stereocenters. The van der Waals surface area contributed by atoms with Crippen LogP contribution in [0.3, 0.4) is 0 Å². The maximum absolute atomic E-state index is 12.8. The van der Waals surface area contributed by atoms with Crippen LogP contribution >= 0.6 is 11.3 Å². The second kappa shape index (κ2) is 6.89. The van der Waals surface area contributed by atoms with E-state index in [-0.39, 0.29) is 23.3 Å². The third-order valence-corrected chi connectivity index (χ3v) is 3.51. The number of nitro groups is 1. The topological polar surface area (TPSA) is 102 Å². The van der Waals surface area contributed by atoms with E-state index in [1.54, 1.807) is 13.0 Å². The van der Waals surface area contributed by atoms with Crippen LogP contribution in [0.1, 0.15) is 11.8 Å². The SMILES string of the molecule is C[C@@H](Cn1cc([N+](=O)[O-])cn1)C(=O)N/N=C\c1ccc(F)s1. The van der Waals surface area contributed by atoms with E-state index in [2.05, 4.69) is 15.6 Å². The van der Waals surface area contributed by atoms with Gasteiger partial charge in [-0.25, -0.2) is 5.43 Å². The minimum absolute atomic E-state index is 0.134. The highest BCUT2D eigenvalue weighted by molar-refractivity contribution is 7.12. The summed E-state index contributed by atoms with van der Waals surface area (Å²) < 4.78 is 14.1. The number of carbonyl (C=O) groups excluding carboxylic acids is 1. The molecule has 0 aliphatic rings. The Morgan fingerprint density at radius 3 is 3.05 bits per heavy atom. The Bertz CT molecular complexity index is 711. The number of nitrogens with one attached hydrogen (secondary N) is 1. The molecule has 8 nitrogen and oxygen atoms in total. The van der Waals surface area contributed by atoms with Crippen molar-refractivity contribution in [3.05, 3.63) is 44.6 Å². The van der Waals surface area contributed by atoms with E-state index in [4.69, 9.17) is 0 Å². The fourth-order valence-corrected chi connectivity index (χ4v) is 2.18. The van der Waals surface area contributed by atoms with E-state index in [1.165, 1.54) is 23.2 Å². The van der Waals surface area contributed by atoms with Crippen LogP contribution in [0, 0.1) is 21.2 Å². The van der Waals surface area contributed by atoms with Gasteiger partial charge in [0.2, 0.25) is 5.91 Å². The van der Waals surface area contributed by atoms with Gasteiger partial charge in [0.15, 0.2) is 5.13 Å². The van der Waals surface area contributed by atoms with Crippen LogP contribution in [-0.2, 0) is 11.3 Å². The lowest BCUT2D eigenvalue weighted by Gasteiger charge is -2.08. The predicted octanol–water partition coefficient (Wildman–Crippen LogP) is 1.78. The molecule has 1 atom stereocenters. The molecule has 0 spiro atoms. The molecule has 0 fully saturated rings. The second-order valence-corrected chi connectivity index (χ2v) is 5.52. The molecule has 10 heteroatoms. The van der Waals surface area contributed by atoms with Crippen LogP contribution < -0.4 is 5.43 Å². The van der Waals surface area contributed by atoms with Gasteiger partial charge in [-0.3, -0.25) is 19.6 Å². The van der Waals surface area contributed by atoms with Crippen molar-refractivity contribution in [1.29, 1.82) is 0 Å². The largest absolute Gasteiger partial charge is 0.306 e. The zero-order valence-electron chi connectivity index (χ0n) is 11.5. The number of amides is 1. The molecule has 0 radical (unpaired) electrons. The molecule has 0 aliphatic heterocycles. The van der Waals surface area contributed by atoms with Gasteiger partial charge in [-0.2, -0.15) is 14.6 Å². The van der Waals surface area contributed by atoms with E-state index < -0.39 is 10.8 Å². The van der Waals surface area contributed by atoms with E-state index in [1.807, 2.05) is 0 Å². The summed E-state index contributed by atoms with van der Waals surface area (Å²) in [4.78, 5) is 22.4. The van der Waals surface area contributed by atoms with Crippen molar-refractivity contribution in [1.82, 2.24) is 15.2 Å². The van der Waals surface area contributed by atoms with Gasteiger partial charge < -0.3 is 0 Å². The molecule has 0 bridgehead atoms. The van der Waals surface area contributed by atoms with Crippen molar-refractivity contribution in [2.45, 2.75) is 13.5 Å². The molecule has 1 amide bonds. The molecular formula is C12H12FN5O3S. The van der Waals surface area contributed by atoms with Gasteiger partial charge in [0.1, 0.15) is 12.4 Å². The van der Waals surface area contributed by atoms with Crippen molar-refractivity contribution >= 4 is 29.1 Å². The summed E-state index contributed by atoms with van der Waals surface area (Å²) in [6.07, 6.45) is 3.71. The summed E-state index contributed by atoms with van der Waals surface area (Å²) in [6, 6.07) is 2.85. The summed E-state index contributed by atoms with van der Waals surface area (Å²) >= 11 is 0.911. The summed E-state index contributed by atoms with van der Waals surface area (Å²) in [6.45, 7) is 1.83. The Morgan fingerprint density at radius 2 is 2.45 bits per heavy atom. The number of thiophene rings is 1. The number of rotatable bonds is 6. The zero-order valence-corrected chi connectivity index (χ0v) is 12.3. The highest BCUT2D eigenvalue weighted by atomic mass is 32.1. The van der Waals surface area contributed by atoms with E-state index in [0.29, 0.717) is 4.88 Å². The molecule has 0 saturated heterocycles. The Balaban J connectivity index is 1.86. The molecule has 116 valence electrons. The first-order chi connectivity index (χ1) is 10.5. The zero-order chi connectivity index (χ0) is 16.1. The smallest absolute Gasteiger partial charge is 0.273 e. The van der Waals surface area contributed by atoms with E-state index >= 15 is 0 Å². The summed E-state index contributed by atoms with van der Waals surface area (Å²) in [5, 5.41) is 17.7. The van der Waals surface area contributed by atoms with Gasteiger partial charge in [0.25, 0.3) is 0 Å². The van der Waals surface area contributed by atoms with Crippen LogP contribution in [0.5, 0.6) is 0 Å². The summed E-state index contributed by atoms with van der Waals surface area (Å²) in [5.41, 5.74) is 2.20. The van der Waals surface area contributed by atoms with Gasteiger partial charge in [-0.05, 0) is 12.1 Å². The Hall–Kier alpha value is -2.62. The minimum atomic E-state index is -0.557. The fraction of sp³-hybridized carbons (Fsp3) is 0.250. The number of halogens is 1. The molecule has 2 heterocycles. The van der Waals surface area contributed by atoms with E-state index in [9.17, 15) is 19.3 Å². The van der Waals surface area contributed by atoms with Crippen molar-refractivity contribution in [2.24, 2.45) is 11.0 Å². The lowest BCUT2D eigenvalue weighted by molar-refractivity contribution is -0.385. The molecule has 2 aromatic rings. The third kappa shape index (κ3) is 4.19. The predicted molar refractivity (Wildman–Crippen MR) is 78.1 cm³/mol. The molecular weight excluding hydrogens is 313 g/mol. The molecule has 22 heavy (non-hydrogen) atoms. The van der Waals surface area contributed by atoms with Crippen LogP contribution in [0.25, 0.3) is 0 Å². The number of hydrogen-bond donors (Lipinski definition) is 1. The van der Waals surface area contributed by atoms with Gasteiger partial charge in [-0.1, -0.05) is 6.92 Å². The Morgan fingerprint density at radius 1 is 1.68 bits per heavy atom. The maximum atomic E-state index is 12.8. The first-order valence-electron chi connectivity index (χ1n) is 6.21. The van der Waals surface area contributed by atoms with Crippen molar-refractivity contribution in [3.63, 3.8) is 0 Å². The molecule has 0 aliphatic carbocycles. The molecule has 0 saturated carbocycles. The molecule has 2 rings (SSSR count). The number of nitrogens with zero attached hydrogens (tertiary/aromatic N) is 4. The lowest BCUT2D eigenvalue weighted by atomic mass is 10.2. The first-order valence-corrected chi connectivity index (χ1v) is 7.02. The van der Waals surface area contributed by atoms with Gasteiger partial charge >= 0.3 is 5.69 Å². The Kier molecular flexibility index (Phi) is 4.94. The average molecular weight is 325 g/mol. The normalized spacial score (nSPS) is 12.5. The average Bonchev–Trinajstić information content (AvgIpc) is 3.08. The van der Waals surface area contributed by atoms with Crippen molar-refractivity contribution < 1.29 is 14.1 Å².